The van der Waals surface area contributed by atoms with E-state index in [1.54, 1.807) is 12.3 Å². The maximum Gasteiger partial charge on any atom is 0.306 e. The Morgan fingerprint density at radius 3 is 2.63 bits per heavy atom. The minimum absolute atomic E-state index is 0.0815. The Hall–Kier alpha value is -3.91. The van der Waals surface area contributed by atoms with Gasteiger partial charge < -0.3 is 24.6 Å². The Morgan fingerprint density at radius 1 is 1.11 bits per heavy atom. The zero-order valence-electron chi connectivity index (χ0n) is 21.4. The van der Waals surface area contributed by atoms with Crippen molar-refractivity contribution in [3.63, 3.8) is 0 Å². The topological polar surface area (TPSA) is 107 Å². The Kier molecular flexibility index (Phi) is 7.89. The van der Waals surface area contributed by atoms with Crippen molar-refractivity contribution in [3.8, 4) is 22.8 Å². The van der Waals surface area contributed by atoms with Gasteiger partial charge in [-0.15, -0.1) is 0 Å². The molecule has 2 heterocycles. The number of fused-ring (bicyclic) bond motifs is 1. The van der Waals surface area contributed by atoms with E-state index in [-0.39, 0.29) is 24.5 Å². The van der Waals surface area contributed by atoms with Gasteiger partial charge in [0.15, 0.2) is 0 Å². The molecule has 198 valence electrons. The number of ether oxygens (including phenoxy) is 3. The molecule has 1 aliphatic carbocycles. The lowest BCUT2D eigenvalue weighted by molar-refractivity contribution is -0.140. The fourth-order valence-electron chi connectivity index (χ4n) is 5.17. The largest absolute Gasteiger partial charge is 0.491 e. The molecule has 0 saturated carbocycles. The molecule has 0 unspecified atom stereocenters. The number of aromatic nitrogens is 1. The summed E-state index contributed by atoms with van der Waals surface area (Å²) >= 11 is 0. The molecule has 5 rings (SSSR count). The van der Waals surface area contributed by atoms with Crippen molar-refractivity contribution in [2.45, 2.75) is 57.3 Å². The number of hydrogen-bond donors (Lipinski definition) is 2. The summed E-state index contributed by atoms with van der Waals surface area (Å²) in [6.45, 7) is 2.74. The summed E-state index contributed by atoms with van der Waals surface area (Å²) in [6.07, 6.45) is 4.02. The molecule has 1 aromatic heterocycles. The number of benzene rings is 2. The average molecular weight is 517 g/mol. The summed E-state index contributed by atoms with van der Waals surface area (Å²) in [4.78, 5) is 27.0. The second kappa shape index (κ2) is 11.6. The highest BCUT2D eigenvalue weighted by Crippen LogP contribution is 2.40. The van der Waals surface area contributed by atoms with Crippen molar-refractivity contribution < 1.29 is 28.9 Å². The van der Waals surface area contributed by atoms with E-state index in [9.17, 15) is 9.59 Å². The molecule has 3 atom stereocenters. The molecular formula is C30H32N2O6. The van der Waals surface area contributed by atoms with E-state index in [1.165, 1.54) is 11.1 Å². The molecule has 0 radical (unpaired) electrons. The van der Waals surface area contributed by atoms with Crippen LogP contribution in [0, 0.1) is 0 Å². The quantitative estimate of drug-likeness (QED) is 0.368. The normalized spacial score (nSPS) is 19.0. The number of nitrogens with one attached hydrogen (secondary N) is 1. The number of nitrogens with zero attached hydrogens (tertiary/aromatic N) is 1. The number of carboxylic acid groups (broad SMARTS) is 1. The van der Waals surface area contributed by atoms with Crippen LogP contribution in [0.25, 0.3) is 11.1 Å². The predicted octanol–water partition coefficient (Wildman–Crippen LogP) is 5.02. The van der Waals surface area contributed by atoms with Crippen LogP contribution >= 0.6 is 0 Å². The van der Waals surface area contributed by atoms with Crippen LogP contribution in [0.4, 0.5) is 0 Å². The molecular weight excluding hydrogens is 484 g/mol. The van der Waals surface area contributed by atoms with Crippen LogP contribution in [0.2, 0.25) is 0 Å². The van der Waals surface area contributed by atoms with Crippen LogP contribution in [0.3, 0.4) is 0 Å². The van der Waals surface area contributed by atoms with Crippen LogP contribution < -0.4 is 14.8 Å². The lowest BCUT2D eigenvalue weighted by Crippen LogP contribution is -2.30. The van der Waals surface area contributed by atoms with Crippen LogP contribution in [0.15, 0.2) is 60.8 Å². The molecule has 1 fully saturated rings. The molecule has 0 spiro atoms. The third-order valence-corrected chi connectivity index (χ3v) is 7.04. The predicted molar refractivity (Wildman–Crippen MR) is 141 cm³/mol. The van der Waals surface area contributed by atoms with Crippen molar-refractivity contribution in [2.24, 2.45) is 0 Å². The second-order valence-electron chi connectivity index (χ2n) is 9.63. The summed E-state index contributed by atoms with van der Waals surface area (Å²) in [5.41, 5.74) is 5.45. The number of aliphatic carboxylic acids is 1. The number of rotatable bonds is 11. The smallest absolute Gasteiger partial charge is 0.306 e. The number of carbonyl (C=O) groups is 2. The molecule has 1 amide bonds. The fraction of sp³-hybridized carbons (Fsp3) is 0.367. The van der Waals surface area contributed by atoms with E-state index in [2.05, 4.69) is 40.6 Å². The molecule has 0 bridgehead atoms. The van der Waals surface area contributed by atoms with Gasteiger partial charge in [0.05, 0.1) is 18.6 Å². The van der Waals surface area contributed by atoms with E-state index >= 15 is 0 Å². The molecule has 2 N–H and O–H groups in total. The summed E-state index contributed by atoms with van der Waals surface area (Å²) in [6, 6.07) is 18.1. The lowest BCUT2D eigenvalue weighted by atomic mass is 9.96. The first-order chi connectivity index (χ1) is 18.5. The SMILES string of the molecule is CCO[C@@H](CC(=O)O)c1ccc(O[C@@H]2CCc3c(-c4ccc(OC[C@H]5CCC(=O)N5)cc4)cccc32)nc1. The van der Waals surface area contributed by atoms with E-state index in [4.69, 9.17) is 19.3 Å². The Bertz CT molecular complexity index is 1270. The minimum Gasteiger partial charge on any atom is -0.491 e. The lowest BCUT2D eigenvalue weighted by Gasteiger charge is -2.17. The zero-order valence-corrected chi connectivity index (χ0v) is 21.4. The highest BCUT2D eigenvalue weighted by atomic mass is 16.5. The molecule has 2 aliphatic rings. The van der Waals surface area contributed by atoms with Gasteiger partial charge in [-0.05, 0) is 72.2 Å². The minimum atomic E-state index is -0.914. The molecule has 38 heavy (non-hydrogen) atoms. The van der Waals surface area contributed by atoms with Crippen molar-refractivity contribution >= 4 is 11.9 Å². The molecule has 8 nitrogen and oxygen atoms in total. The van der Waals surface area contributed by atoms with E-state index in [0.29, 0.717) is 25.5 Å². The third kappa shape index (κ3) is 5.97. The highest BCUT2D eigenvalue weighted by Gasteiger charge is 2.27. The average Bonchev–Trinajstić information content (AvgIpc) is 3.53. The number of amides is 1. The van der Waals surface area contributed by atoms with Crippen molar-refractivity contribution in [3.05, 3.63) is 77.5 Å². The van der Waals surface area contributed by atoms with Gasteiger partial charge in [-0.25, -0.2) is 4.98 Å². The Balaban J connectivity index is 1.25. The standard InChI is InChI=1S/C30H32N2O6/c1-2-36-27(16-30(34)35)20-8-15-29(31-17-20)38-26-13-12-24-23(4-3-5-25(24)26)19-6-10-22(11-7-19)37-18-21-9-14-28(33)32-21/h3-8,10-11,15,17,21,26-27H,2,9,12-14,16,18H2,1H3,(H,32,33)(H,34,35)/t21-,26-,27+/m1/s1. The van der Waals surface area contributed by atoms with Crippen LogP contribution in [0.1, 0.15) is 61.5 Å². The summed E-state index contributed by atoms with van der Waals surface area (Å²) in [5.74, 6) is 0.465. The first kappa shape index (κ1) is 25.7. The van der Waals surface area contributed by atoms with Crippen molar-refractivity contribution in [2.75, 3.05) is 13.2 Å². The van der Waals surface area contributed by atoms with Gasteiger partial charge in [0.2, 0.25) is 11.8 Å². The maximum atomic E-state index is 11.4. The number of carboxylic acids is 1. The highest BCUT2D eigenvalue weighted by molar-refractivity contribution is 5.78. The Labute approximate surface area is 222 Å². The summed E-state index contributed by atoms with van der Waals surface area (Å²) in [7, 11) is 0. The van der Waals surface area contributed by atoms with Crippen molar-refractivity contribution in [1.82, 2.24) is 10.3 Å². The monoisotopic (exact) mass is 516 g/mol. The van der Waals surface area contributed by atoms with Gasteiger partial charge in [0.25, 0.3) is 0 Å². The maximum absolute atomic E-state index is 11.4. The first-order valence-electron chi connectivity index (χ1n) is 13.1. The van der Waals surface area contributed by atoms with E-state index in [0.717, 1.165) is 41.7 Å². The van der Waals surface area contributed by atoms with E-state index < -0.39 is 12.1 Å². The zero-order chi connectivity index (χ0) is 26.5. The number of hydrogen-bond acceptors (Lipinski definition) is 6. The van der Waals surface area contributed by atoms with E-state index in [1.807, 2.05) is 25.1 Å². The molecule has 1 aliphatic heterocycles. The third-order valence-electron chi connectivity index (χ3n) is 7.04. The summed E-state index contributed by atoms with van der Waals surface area (Å²) < 4.78 is 17.7. The van der Waals surface area contributed by atoms with Crippen LogP contribution in [-0.2, 0) is 20.7 Å². The van der Waals surface area contributed by atoms with Gasteiger partial charge in [0, 0.05) is 25.3 Å². The van der Waals surface area contributed by atoms with Crippen LogP contribution in [0.5, 0.6) is 11.6 Å². The van der Waals surface area contributed by atoms with Gasteiger partial charge in [-0.2, -0.15) is 0 Å². The van der Waals surface area contributed by atoms with Gasteiger partial charge in [-0.3, -0.25) is 9.59 Å². The summed E-state index contributed by atoms with van der Waals surface area (Å²) in [5, 5.41) is 12.1. The Morgan fingerprint density at radius 2 is 1.95 bits per heavy atom. The van der Waals surface area contributed by atoms with Gasteiger partial charge in [-0.1, -0.05) is 30.3 Å². The molecule has 2 aromatic carbocycles. The first-order valence-corrected chi connectivity index (χ1v) is 13.1. The number of pyridine rings is 1. The van der Waals surface area contributed by atoms with Crippen molar-refractivity contribution in [1.29, 1.82) is 0 Å². The van der Waals surface area contributed by atoms with Gasteiger partial charge in [0.1, 0.15) is 18.5 Å². The second-order valence-corrected chi connectivity index (χ2v) is 9.63. The van der Waals surface area contributed by atoms with Crippen LogP contribution in [-0.4, -0.2) is 41.2 Å². The molecule has 8 heteroatoms. The molecule has 3 aromatic rings. The molecule has 1 saturated heterocycles. The fourth-order valence-corrected chi connectivity index (χ4v) is 5.17. The van der Waals surface area contributed by atoms with Gasteiger partial charge >= 0.3 is 5.97 Å². The number of carbonyl (C=O) groups excluding carboxylic acids is 1.